The van der Waals surface area contributed by atoms with E-state index in [-0.39, 0.29) is 17.0 Å². The van der Waals surface area contributed by atoms with Crippen LogP contribution in [0.3, 0.4) is 0 Å². The summed E-state index contributed by atoms with van der Waals surface area (Å²) in [4.78, 5) is 19.9. The molecule has 2 atom stereocenters. The molecule has 1 aliphatic rings. The van der Waals surface area contributed by atoms with E-state index in [1.54, 1.807) is 17.5 Å². The summed E-state index contributed by atoms with van der Waals surface area (Å²) in [6.45, 7) is 1.88. The largest absolute Gasteiger partial charge is 0.481 e. The molecule has 2 aromatic rings. The van der Waals surface area contributed by atoms with E-state index in [0.717, 1.165) is 33.7 Å². The van der Waals surface area contributed by atoms with Crippen molar-refractivity contribution in [1.29, 1.82) is 0 Å². The van der Waals surface area contributed by atoms with Gasteiger partial charge in [0.25, 0.3) is 0 Å². The number of rotatable bonds is 4. The fraction of sp³-hybridized carbons (Fsp3) is 0.211. The average Bonchev–Trinajstić information content (AvgIpc) is 3.14. The van der Waals surface area contributed by atoms with Gasteiger partial charge in [-0.25, -0.2) is 9.98 Å². The van der Waals surface area contributed by atoms with Crippen molar-refractivity contribution < 1.29 is 9.90 Å². The van der Waals surface area contributed by atoms with Gasteiger partial charge in [-0.3, -0.25) is 4.79 Å². The van der Waals surface area contributed by atoms with Crippen LogP contribution in [0.15, 0.2) is 64.8 Å². The highest BCUT2D eigenvalue weighted by Gasteiger charge is 2.21. The highest BCUT2D eigenvalue weighted by molar-refractivity contribution is 8.14. The van der Waals surface area contributed by atoms with Gasteiger partial charge >= 0.3 is 5.97 Å². The zero-order valence-corrected chi connectivity index (χ0v) is 16.9. The predicted molar refractivity (Wildman–Crippen MR) is 113 cm³/mol. The fourth-order valence-corrected chi connectivity index (χ4v) is 4.42. The molecule has 0 radical (unpaired) electrons. The molecular formula is C19H18ClN3O2S2. The first-order chi connectivity index (χ1) is 13.0. The van der Waals surface area contributed by atoms with E-state index in [1.165, 1.54) is 0 Å². The molecule has 140 valence electrons. The van der Waals surface area contributed by atoms with Gasteiger partial charge in [0.1, 0.15) is 5.01 Å². The van der Waals surface area contributed by atoms with Crippen LogP contribution in [0.25, 0.3) is 10.6 Å². The number of carboxylic acid groups (broad SMARTS) is 1. The summed E-state index contributed by atoms with van der Waals surface area (Å²) < 4.78 is 0. The Bertz CT molecular complexity index is 893. The van der Waals surface area contributed by atoms with Crippen molar-refractivity contribution in [2.45, 2.75) is 18.2 Å². The summed E-state index contributed by atoms with van der Waals surface area (Å²) in [6, 6.07) is 10.0. The van der Waals surface area contributed by atoms with E-state index in [9.17, 15) is 4.79 Å². The summed E-state index contributed by atoms with van der Waals surface area (Å²) in [5, 5.41) is 15.1. The lowest BCUT2D eigenvalue weighted by molar-refractivity contribution is -0.133. The standard InChI is InChI=1S/C19H18ClN3O2S2/c1-12-9-15(20)14(7-8-21-19(22-12)27-11-17(24)25)16-10-26-18(23-16)13-5-3-2-4-6-13/h2-10,14-15H,11H2,1H3,(H,21,22)(H,24,25)/b8-7+,12-9+. The summed E-state index contributed by atoms with van der Waals surface area (Å²) >= 11 is 9.35. The minimum absolute atomic E-state index is 0.0623. The van der Waals surface area contributed by atoms with Crippen molar-refractivity contribution in [2.24, 2.45) is 4.99 Å². The van der Waals surface area contributed by atoms with E-state index in [2.05, 4.69) is 10.3 Å². The topological polar surface area (TPSA) is 74.6 Å². The van der Waals surface area contributed by atoms with Gasteiger partial charge in [0, 0.05) is 28.8 Å². The maximum atomic E-state index is 10.8. The summed E-state index contributed by atoms with van der Waals surface area (Å²) in [7, 11) is 0. The second-order valence-electron chi connectivity index (χ2n) is 5.85. The minimum Gasteiger partial charge on any atom is -0.481 e. The highest BCUT2D eigenvalue weighted by Crippen LogP contribution is 2.32. The third-order valence-corrected chi connectivity index (χ3v) is 5.94. The molecule has 2 unspecified atom stereocenters. The number of hydrogen-bond acceptors (Lipinski definition) is 6. The molecule has 1 aliphatic heterocycles. The fourth-order valence-electron chi connectivity index (χ4n) is 2.51. The van der Waals surface area contributed by atoms with Gasteiger partial charge in [-0.15, -0.1) is 22.9 Å². The van der Waals surface area contributed by atoms with E-state index in [1.807, 2.05) is 54.8 Å². The Balaban J connectivity index is 1.85. The Labute approximate surface area is 170 Å². The Morgan fingerprint density at radius 3 is 2.89 bits per heavy atom. The Morgan fingerprint density at radius 2 is 2.15 bits per heavy atom. The molecule has 0 bridgehead atoms. The first-order valence-corrected chi connectivity index (χ1v) is 10.5. The number of aromatic nitrogens is 1. The number of allylic oxidation sites excluding steroid dienone is 3. The van der Waals surface area contributed by atoms with Crippen LogP contribution in [0.5, 0.6) is 0 Å². The van der Waals surface area contributed by atoms with E-state index in [0.29, 0.717) is 5.17 Å². The number of nitrogens with zero attached hydrogens (tertiary/aromatic N) is 2. The molecule has 1 aromatic heterocycles. The van der Waals surface area contributed by atoms with Crippen molar-refractivity contribution in [3.8, 4) is 10.6 Å². The number of aliphatic carboxylic acids is 1. The number of thiazole rings is 1. The second-order valence-corrected chi connectivity index (χ2v) is 8.17. The summed E-state index contributed by atoms with van der Waals surface area (Å²) in [5.74, 6) is -1.09. The zero-order valence-electron chi connectivity index (χ0n) is 14.5. The average molecular weight is 420 g/mol. The van der Waals surface area contributed by atoms with Gasteiger partial charge in [0.2, 0.25) is 0 Å². The Kier molecular flexibility index (Phi) is 6.71. The van der Waals surface area contributed by atoms with Crippen LogP contribution in [-0.2, 0) is 4.79 Å². The van der Waals surface area contributed by atoms with Gasteiger partial charge in [0.05, 0.1) is 16.8 Å². The second kappa shape index (κ2) is 9.21. The minimum atomic E-state index is -0.890. The number of hydrogen-bond donors (Lipinski definition) is 2. The zero-order chi connectivity index (χ0) is 19.2. The van der Waals surface area contributed by atoms with Gasteiger partial charge in [0.15, 0.2) is 5.17 Å². The number of nitrogens with one attached hydrogen (secondary N) is 1. The van der Waals surface area contributed by atoms with E-state index in [4.69, 9.17) is 21.7 Å². The van der Waals surface area contributed by atoms with E-state index >= 15 is 0 Å². The quantitative estimate of drug-likeness (QED) is 0.703. The van der Waals surface area contributed by atoms with Crippen molar-refractivity contribution in [1.82, 2.24) is 10.3 Å². The van der Waals surface area contributed by atoms with Crippen molar-refractivity contribution in [3.05, 3.63) is 65.5 Å². The number of amidine groups is 1. The van der Waals surface area contributed by atoms with E-state index < -0.39 is 5.97 Å². The van der Waals surface area contributed by atoms with Crippen LogP contribution in [0, 0.1) is 0 Å². The van der Waals surface area contributed by atoms with Gasteiger partial charge in [-0.05, 0) is 13.0 Å². The van der Waals surface area contributed by atoms with Crippen LogP contribution in [-0.4, -0.2) is 32.4 Å². The van der Waals surface area contributed by atoms with Gasteiger partial charge < -0.3 is 10.4 Å². The van der Waals surface area contributed by atoms with Crippen molar-refractivity contribution in [3.63, 3.8) is 0 Å². The normalized spacial score (nSPS) is 23.0. The number of aliphatic imine (C=N–C) groups is 1. The first-order valence-electron chi connectivity index (χ1n) is 8.22. The summed E-state index contributed by atoms with van der Waals surface area (Å²) in [5.41, 5.74) is 2.78. The van der Waals surface area contributed by atoms with Crippen LogP contribution < -0.4 is 5.32 Å². The Morgan fingerprint density at radius 1 is 1.37 bits per heavy atom. The smallest absolute Gasteiger partial charge is 0.313 e. The molecule has 1 aromatic carbocycles. The lowest BCUT2D eigenvalue weighted by atomic mass is 10.0. The van der Waals surface area contributed by atoms with Crippen molar-refractivity contribution >= 4 is 45.8 Å². The number of benzene rings is 1. The highest BCUT2D eigenvalue weighted by atomic mass is 35.5. The van der Waals surface area contributed by atoms with Crippen LogP contribution in [0.1, 0.15) is 18.5 Å². The van der Waals surface area contributed by atoms with Gasteiger partial charge in [-0.1, -0.05) is 48.2 Å². The lowest BCUT2D eigenvalue weighted by Gasteiger charge is -2.14. The first kappa shape index (κ1) is 19.7. The maximum Gasteiger partial charge on any atom is 0.313 e. The number of halogens is 1. The van der Waals surface area contributed by atoms with Crippen LogP contribution in [0.4, 0.5) is 0 Å². The molecule has 2 heterocycles. The third kappa shape index (κ3) is 5.45. The predicted octanol–water partition coefficient (Wildman–Crippen LogP) is 4.70. The summed E-state index contributed by atoms with van der Waals surface area (Å²) in [6.07, 6.45) is 5.46. The molecule has 5 nitrogen and oxygen atoms in total. The molecule has 3 rings (SSSR count). The molecule has 0 fully saturated rings. The van der Waals surface area contributed by atoms with Crippen LogP contribution in [0.2, 0.25) is 0 Å². The molecule has 0 aliphatic carbocycles. The number of thioether (sulfide) groups is 1. The molecule has 0 amide bonds. The number of alkyl halides is 1. The number of carboxylic acids is 1. The monoisotopic (exact) mass is 419 g/mol. The molecule has 0 saturated carbocycles. The van der Waals surface area contributed by atoms with Crippen molar-refractivity contribution in [2.75, 3.05) is 5.75 Å². The van der Waals surface area contributed by atoms with Crippen LogP contribution >= 0.6 is 34.7 Å². The Hall–Kier alpha value is -2.09. The third-order valence-electron chi connectivity index (χ3n) is 3.76. The molecule has 2 N–H and O–H groups in total. The molecule has 0 saturated heterocycles. The lowest BCUT2D eigenvalue weighted by Crippen LogP contribution is -2.20. The number of carbonyl (C=O) groups is 1. The maximum absolute atomic E-state index is 10.8. The SMILES string of the molecule is C/C1=C\C(Cl)C(c2csc(-c3ccccc3)n2)/C=C/N=C(SCC(=O)O)N1. The van der Waals surface area contributed by atoms with Gasteiger partial charge in [-0.2, -0.15) is 0 Å². The molecule has 0 spiro atoms. The molecule has 27 heavy (non-hydrogen) atoms. The molecular weight excluding hydrogens is 402 g/mol. The molecule has 8 heteroatoms.